The van der Waals surface area contributed by atoms with E-state index >= 15 is 4.39 Å². The molecule has 1 saturated heterocycles. The molecular weight excluding hydrogens is 653 g/mol. The van der Waals surface area contributed by atoms with Crippen LogP contribution in [0.5, 0.6) is 0 Å². The molecule has 1 amide bonds. The Bertz CT molecular complexity index is 1940. The van der Waals surface area contributed by atoms with Crippen molar-refractivity contribution in [2.75, 3.05) is 24.7 Å². The second kappa shape index (κ2) is 12.9. The van der Waals surface area contributed by atoms with Gasteiger partial charge in [-0.3, -0.25) is 14.6 Å². The number of nitrogens with zero attached hydrogens (tertiary/aromatic N) is 3. The number of nitrogens with one attached hydrogen (secondary N) is 1. The number of carboxylic acids is 1. The molecule has 0 spiro atoms. The minimum Gasteiger partial charge on any atom is -0.480 e. The third kappa shape index (κ3) is 6.83. The molecule has 0 radical (unpaired) electrons. The van der Waals surface area contributed by atoms with Gasteiger partial charge in [0.1, 0.15) is 17.9 Å². The third-order valence-corrected chi connectivity index (χ3v) is 8.03. The number of halogens is 7. The number of benzene rings is 2. The minimum atomic E-state index is -4.75. The largest absolute Gasteiger partial charge is 0.480 e. The topological polar surface area (TPSA) is 114 Å². The number of carbonyl (C=O) groups is 2. The molecule has 5 rings (SSSR count). The van der Waals surface area contributed by atoms with E-state index in [1.165, 1.54) is 50.5 Å². The highest BCUT2D eigenvalue weighted by atomic mass is 19.4. The maximum absolute atomic E-state index is 15.3. The van der Waals surface area contributed by atoms with Crippen molar-refractivity contribution < 1.29 is 50.2 Å². The van der Waals surface area contributed by atoms with Gasteiger partial charge in [-0.05, 0) is 42.3 Å². The molecule has 1 fully saturated rings. The number of morpholine rings is 1. The Hall–Kier alpha value is -4.99. The van der Waals surface area contributed by atoms with E-state index in [0.717, 1.165) is 15.5 Å². The van der Waals surface area contributed by atoms with Gasteiger partial charge in [-0.25, -0.2) is 9.18 Å². The van der Waals surface area contributed by atoms with Crippen LogP contribution in [0.2, 0.25) is 0 Å². The second-order valence-corrected chi connectivity index (χ2v) is 11.2. The number of alkyl halides is 6. The van der Waals surface area contributed by atoms with Crippen molar-refractivity contribution in [2.24, 2.45) is 7.05 Å². The number of hydrogen-bond donors (Lipinski definition) is 2. The average Bonchev–Trinajstić information content (AvgIpc) is 3.01. The molecule has 0 saturated carbocycles. The van der Waals surface area contributed by atoms with Crippen molar-refractivity contribution >= 4 is 28.5 Å². The number of carboxylic acid groups (broad SMARTS) is 1. The molecule has 254 valence electrons. The van der Waals surface area contributed by atoms with Crippen molar-refractivity contribution in [3.8, 4) is 11.1 Å². The highest BCUT2D eigenvalue weighted by Gasteiger charge is 2.45. The fraction of sp³-hybridized carbons (Fsp3) is 0.312. The van der Waals surface area contributed by atoms with Gasteiger partial charge >= 0.3 is 18.3 Å². The molecule has 0 aliphatic carbocycles. The molecule has 0 unspecified atom stereocenters. The van der Waals surface area contributed by atoms with E-state index in [0.29, 0.717) is 12.3 Å². The molecule has 2 N–H and O–H groups in total. The number of amides is 1. The van der Waals surface area contributed by atoms with Gasteiger partial charge in [0.05, 0.1) is 29.9 Å². The second-order valence-electron chi connectivity index (χ2n) is 11.2. The summed E-state index contributed by atoms with van der Waals surface area (Å²) in [7, 11) is 1.17. The summed E-state index contributed by atoms with van der Waals surface area (Å²) in [6.45, 7) is 0.432. The SMILES string of the molecule is Cc1cc(N2CCOC[C@@H]2C(F)(F)F)cc(F)c1C(=O)N[C@@H](Cc1ccc(-c2cc(C(F)(F)F)cn(C)c2=O)c2ncccc12)C(=O)O. The number of pyridine rings is 2. The number of rotatable bonds is 7. The van der Waals surface area contributed by atoms with Gasteiger partial charge in [-0.2, -0.15) is 26.3 Å². The van der Waals surface area contributed by atoms with Crippen LogP contribution < -0.4 is 15.8 Å². The lowest BCUT2D eigenvalue weighted by Gasteiger charge is -2.38. The zero-order valence-electron chi connectivity index (χ0n) is 25.2. The maximum Gasteiger partial charge on any atom is 0.417 e. The quantitative estimate of drug-likeness (QED) is 0.256. The predicted octanol–water partition coefficient (Wildman–Crippen LogP) is 5.26. The summed E-state index contributed by atoms with van der Waals surface area (Å²) in [6.07, 6.45) is -7.80. The van der Waals surface area contributed by atoms with Crippen molar-refractivity contribution in [2.45, 2.75) is 37.8 Å². The third-order valence-electron chi connectivity index (χ3n) is 8.03. The van der Waals surface area contributed by atoms with E-state index in [4.69, 9.17) is 4.74 Å². The van der Waals surface area contributed by atoms with Crippen LogP contribution in [0.4, 0.5) is 36.4 Å². The van der Waals surface area contributed by atoms with E-state index in [9.17, 15) is 45.8 Å². The average molecular weight is 681 g/mol. The van der Waals surface area contributed by atoms with E-state index in [1.54, 1.807) is 0 Å². The Morgan fingerprint density at radius 3 is 2.48 bits per heavy atom. The van der Waals surface area contributed by atoms with Gasteiger partial charge in [0.15, 0.2) is 0 Å². The number of carbonyl (C=O) groups excluding carboxylic acids is 1. The summed E-state index contributed by atoms with van der Waals surface area (Å²) < 4.78 is 102. The van der Waals surface area contributed by atoms with E-state index in [1.807, 2.05) is 0 Å². The van der Waals surface area contributed by atoms with Crippen molar-refractivity contribution in [3.05, 3.63) is 93.3 Å². The summed E-state index contributed by atoms with van der Waals surface area (Å²) in [5.41, 5.74) is -2.38. The lowest BCUT2D eigenvalue weighted by Crippen LogP contribution is -2.53. The fourth-order valence-corrected chi connectivity index (χ4v) is 5.70. The van der Waals surface area contributed by atoms with E-state index in [-0.39, 0.29) is 58.4 Å². The summed E-state index contributed by atoms with van der Waals surface area (Å²) in [4.78, 5) is 43.5. The molecule has 9 nitrogen and oxygen atoms in total. The molecule has 48 heavy (non-hydrogen) atoms. The van der Waals surface area contributed by atoms with E-state index < -0.39 is 65.4 Å². The first-order valence-electron chi connectivity index (χ1n) is 14.4. The van der Waals surface area contributed by atoms with Crippen LogP contribution in [0.1, 0.15) is 27.0 Å². The molecule has 16 heteroatoms. The van der Waals surface area contributed by atoms with Gasteiger partial charge < -0.3 is 24.6 Å². The Morgan fingerprint density at radius 1 is 1.10 bits per heavy atom. The van der Waals surface area contributed by atoms with Gasteiger partial charge in [0, 0.05) is 54.6 Å². The number of fused-ring (bicyclic) bond motifs is 1. The van der Waals surface area contributed by atoms with E-state index in [2.05, 4.69) is 10.3 Å². The summed E-state index contributed by atoms with van der Waals surface area (Å²) in [5, 5.41) is 12.5. The van der Waals surface area contributed by atoms with Crippen LogP contribution >= 0.6 is 0 Å². The number of aryl methyl sites for hydroxylation is 2. The van der Waals surface area contributed by atoms with Gasteiger partial charge in [0.2, 0.25) is 0 Å². The summed E-state index contributed by atoms with van der Waals surface area (Å²) >= 11 is 0. The molecule has 2 aromatic carbocycles. The van der Waals surface area contributed by atoms with Crippen molar-refractivity contribution in [3.63, 3.8) is 0 Å². The first-order chi connectivity index (χ1) is 22.5. The monoisotopic (exact) mass is 680 g/mol. The Morgan fingerprint density at radius 2 is 1.83 bits per heavy atom. The number of hydrogen-bond acceptors (Lipinski definition) is 6. The fourth-order valence-electron chi connectivity index (χ4n) is 5.70. The minimum absolute atomic E-state index is 0.0302. The van der Waals surface area contributed by atoms with Crippen molar-refractivity contribution in [1.82, 2.24) is 14.9 Å². The zero-order chi connectivity index (χ0) is 35.1. The number of aromatic nitrogens is 2. The molecule has 1 aliphatic heterocycles. The molecule has 4 aromatic rings. The van der Waals surface area contributed by atoms with Gasteiger partial charge in [0.25, 0.3) is 11.5 Å². The van der Waals surface area contributed by atoms with Gasteiger partial charge in [-0.1, -0.05) is 18.2 Å². The van der Waals surface area contributed by atoms with Crippen LogP contribution in [0.15, 0.2) is 59.7 Å². The first-order valence-corrected chi connectivity index (χ1v) is 14.4. The normalized spacial score (nSPS) is 16.2. The molecule has 2 aromatic heterocycles. The zero-order valence-corrected chi connectivity index (χ0v) is 25.2. The molecule has 2 atom stereocenters. The van der Waals surface area contributed by atoms with Crippen LogP contribution in [0, 0.1) is 12.7 Å². The van der Waals surface area contributed by atoms with Crippen LogP contribution in [0.3, 0.4) is 0 Å². The standard InChI is InChI=1S/C32H27F7N4O5/c1-16-10-19(43-8-9-48-15-25(43)32(37,38)39)13-23(33)26(16)28(44)41-24(30(46)47)11-17-5-6-21(27-20(17)4-3-7-40-27)22-12-18(31(34,35)36)14-42(2)29(22)45/h3-7,10,12-14,24-25H,8-9,11,15H2,1-2H3,(H,41,44)(H,46,47)/t24-,25+/m0/s1. The molecule has 0 bridgehead atoms. The summed E-state index contributed by atoms with van der Waals surface area (Å²) in [6, 6.07) is 4.72. The van der Waals surface area contributed by atoms with Gasteiger partial charge in [-0.15, -0.1) is 0 Å². The predicted molar refractivity (Wildman–Crippen MR) is 159 cm³/mol. The lowest BCUT2D eigenvalue weighted by atomic mass is 9.95. The van der Waals surface area contributed by atoms with Crippen molar-refractivity contribution in [1.29, 1.82) is 0 Å². The van der Waals surface area contributed by atoms with Crippen LogP contribution in [-0.4, -0.2) is 64.6 Å². The highest BCUT2D eigenvalue weighted by molar-refractivity contribution is 5.99. The van der Waals surface area contributed by atoms with Crippen LogP contribution in [-0.2, 0) is 29.2 Å². The number of aliphatic carboxylic acids is 1. The lowest BCUT2D eigenvalue weighted by molar-refractivity contribution is -0.167. The smallest absolute Gasteiger partial charge is 0.417 e. The molecular formula is C32H27F7N4O5. The summed E-state index contributed by atoms with van der Waals surface area (Å²) in [5.74, 6) is -3.81. The maximum atomic E-state index is 15.3. The Labute approximate surface area is 267 Å². The number of anilines is 1. The Kier molecular flexibility index (Phi) is 9.23. The molecule has 3 heterocycles. The Balaban J connectivity index is 1.45. The molecule has 1 aliphatic rings. The van der Waals surface area contributed by atoms with Crippen LogP contribution in [0.25, 0.3) is 22.0 Å². The first kappa shape index (κ1) is 34.3. The number of ether oxygens (including phenoxy) is 1. The highest BCUT2D eigenvalue weighted by Crippen LogP contribution is 2.35.